The lowest BCUT2D eigenvalue weighted by atomic mass is 10.2. The summed E-state index contributed by atoms with van der Waals surface area (Å²) in [6.45, 7) is 3.98. The minimum Gasteiger partial charge on any atom is -0.384 e. The van der Waals surface area contributed by atoms with E-state index < -0.39 is 0 Å². The van der Waals surface area contributed by atoms with E-state index in [-0.39, 0.29) is 11.9 Å². The van der Waals surface area contributed by atoms with Gasteiger partial charge in [0.2, 0.25) is 0 Å². The number of fused-ring (bicyclic) bond motifs is 2. The Morgan fingerprint density at radius 3 is 2.57 bits per heavy atom. The third-order valence-corrected chi connectivity index (χ3v) is 5.27. The molecule has 0 saturated heterocycles. The summed E-state index contributed by atoms with van der Waals surface area (Å²) in [7, 11) is 0. The summed E-state index contributed by atoms with van der Waals surface area (Å²) in [4.78, 5) is 22.5. The molecule has 0 radical (unpaired) electrons. The molecule has 4 rings (SSSR count). The van der Waals surface area contributed by atoms with Crippen molar-refractivity contribution < 1.29 is 4.79 Å². The molecule has 28 heavy (non-hydrogen) atoms. The molecular weight excluding hydrogens is 418 g/mol. The number of benzene rings is 2. The molecule has 0 aliphatic carbocycles. The Kier molecular flexibility index (Phi) is 4.77. The van der Waals surface area contributed by atoms with Crippen LogP contribution in [-0.4, -0.2) is 26.5 Å². The van der Waals surface area contributed by atoms with Crippen molar-refractivity contribution in [3.05, 3.63) is 58.6 Å². The first kappa shape index (κ1) is 18.4. The molecule has 2 aromatic heterocycles. The van der Waals surface area contributed by atoms with E-state index in [4.69, 9.17) is 15.7 Å². The molecule has 142 valence electrons. The quantitative estimate of drug-likeness (QED) is 0.493. The first-order valence-electron chi connectivity index (χ1n) is 9.13. The third-order valence-electron chi connectivity index (χ3n) is 4.78. The second kappa shape index (κ2) is 7.24. The van der Waals surface area contributed by atoms with Gasteiger partial charge in [-0.1, -0.05) is 41.1 Å². The van der Waals surface area contributed by atoms with Gasteiger partial charge in [0.05, 0.1) is 16.7 Å². The summed E-state index contributed by atoms with van der Waals surface area (Å²) in [5.74, 6) is 0.0828. The standard InChI is InChI=1S/C21H20BrN5O/c1-3-12(2)24-21(28)17-18-20(26-16-10-5-4-9-15(16)25-18)27(19(17)23)14-8-6-7-13(22)11-14/h4-12H,3,23H2,1-2H3,(H,24,28)/t12-/m1/s1. The fourth-order valence-corrected chi connectivity index (χ4v) is 3.55. The van der Waals surface area contributed by atoms with Crippen LogP contribution in [0.2, 0.25) is 0 Å². The minimum absolute atomic E-state index is 0.0320. The Bertz CT molecular complexity index is 1200. The summed E-state index contributed by atoms with van der Waals surface area (Å²) in [5, 5.41) is 2.99. The zero-order valence-electron chi connectivity index (χ0n) is 15.6. The van der Waals surface area contributed by atoms with E-state index in [0.717, 1.165) is 27.6 Å². The number of amides is 1. The number of halogens is 1. The number of hydrogen-bond donors (Lipinski definition) is 2. The number of nitrogens with zero attached hydrogens (tertiary/aromatic N) is 3. The number of rotatable bonds is 4. The van der Waals surface area contributed by atoms with Crippen molar-refractivity contribution in [3.63, 3.8) is 0 Å². The van der Waals surface area contributed by atoms with Crippen molar-refractivity contribution in [2.75, 3.05) is 5.73 Å². The van der Waals surface area contributed by atoms with Crippen LogP contribution in [0, 0.1) is 0 Å². The lowest BCUT2D eigenvalue weighted by molar-refractivity contribution is 0.0941. The van der Waals surface area contributed by atoms with Crippen LogP contribution < -0.4 is 11.1 Å². The van der Waals surface area contributed by atoms with Gasteiger partial charge in [0.15, 0.2) is 5.65 Å². The van der Waals surface area contributed by atoms with Crippen LogP contribution in [0.4, 0.5) is 5.82 Å². The van der Waals surface area contributed by atoms with Crippen molar-refractivity contribution in [2.45, 2.75) is 26.3 Å². The molecule has 2 aromatic carbocycles. The lowest BCUT2D eigenvalue weighted by Gasteiger charge is -2.11. The Balaban J connectivity index is 2.04. The van der Waals surface area contributed by atoms with Crippen LogP contribution in [0.25, 0.3) is 27.9 Å². The highest BCUT2D eigenvalue weighted by molar-refractivity contribution is 9.10. The van der Waals surface area contributed by atoms with Crippen LogP contribution in [0.15, 0.2) is 53.0 Å². The molecule has 0 aliphatic heterocycles. The maximum Gasteiger partial charge on any atom is 0.257 e. The van der Waals surface area contributed by atoms with Crippen LogP contribution in [-0.2, 0) is 0 Å². The summed E-state index contributed by atoms with van der Waals surface area (Å²) in [5.41, 5.74) is 10.2. The van der Waals surface area contributed by atoms with Crippen LogP contribution in [0.5, 0.6) is 0 Å². The zero-order chi connectivity index (χ0) is 19.8. The highest BCUT2D eigenvalue weighted by Gasteiger charge is 2.25. The predicted molar refractivity (Wildman–Crippen MR) is 116 cm³/mol. The summed E-state index contributed by atoms with van der Waals surface area (Å²) in [6.07, 6.45) is 0.824. The van der Waals surface area contributed by atoms with E-state index in [1.54, 1.807) is 4.57 Å². The number of nitrogen functional groups attached to an aromatic ring is 1. The van der Waals surface area contributed by atoms with Gasteiger partial charge >= 0.3 is 0 Å². The first-order valence-corrected chi connectivity index (χ1v) is 9.92. The highest BCUT2D eigenvalue weighted by atomic mass is 79.9. The van der Waals surface area contributed by atoms with Gasteiger partial charge in [0, 0.05) is 10.5 Å². The van der Waals surface area contributed by atoms with E-state index in [2.05, 4.69) is 21.2 Å². The van der Waals surface area contributed by atoms with Gasteiger partial charge in [-0.3, -0.25) is 9.36 Å². The van der Waals surface area contributed by atoms with Gasteiger partial charge in [0.25, 0.3) is 5.91 Å². The number of nitrogens with one attached hydrogen (secondary N) is 1. The number of hydrogen-bond acceptors (Lipinski definition) is 4. The predicted octanol–water partition coefficient (Wildman–Crippen LogP) is 4.45. The molecule has 1 amide bonds. The Labute approximate surface area is 170 Å². The molecule has 2 heterocycles. The normalized spacial score (nSPS) is 12.4. The van der Waals surface area contributed by atoms with Gasteiger partial charge in [-0.15, -0.1) is 0 Å². The van der Waals surface area contributed by atoms with Crippen LogP contribution in [0.3, 0.4) is 0 Å². The van der Waals surface area contributed by atoms with Crippen molar-refractivity contribution in [1.82, 2.24) is 19.9 Å². The number of nitrogens with two attached hydrogens (primary N) is 1. The second-order valence-electron chi connectivity index (χ2n) is 6.74. The number of aromatic nitrogens is 3. The summed E-state index contributed by atoms with van der Waals surface area (Å²) >= 11 is 3.50. The summed E-state index contributed by atoms with van der Waals surface area (Å²) < 4.78 is 2.69. The molecule has 0 saturated carbocycles. The zero-order valence-corrected chi connectivity index (χ0v) is 17.2. The van der Waals surface area contributed by atoms with Crippen molar-refractivity contribution in [2.24, 2.45) is 0 Å². The van der Waals surface area contributed by atoms with E-state index in [1.165, 1.54) is 0 Å². The topological polar surface area (TPSA) is 85.8 Å². The SMILES string of the molecule is CC[C@@H](C)NC(=O)c1c(N)n(-c2cccc(Br)c2)c2nc3ccccc3nc12. The molecule has 1 atom stereocenters. The highest BCUT2D eigenvalue weighted by Crippen LogP contribution is 2.31. The average molecular weight is 438 g/mol. The summed E-state index contributed by atoms with van der Waals surface area (Å²) in [6, 6.07) is 15.3. The van der Waals surface area contributed by atoms with Gasteiger partial charge in [-0.25, -0.2) is 9.97 Å². The molecule has 6 nitrogen and oxygen atoms in total. The smallest absolute Gasteiger partial charge is 0.257 e. The van der Waals surface area contributed by atoms with Gasteiger partial charge in [0.1, 0.15) is 16.9 Å². The number of carbonyl (C=O) groups is 1. The Morgan fingerprint density at radius 1 is 1.18 bits per heavy atom. The average Bonchev–Trinajstić information content (AvgIpc) is 2.96. The molecule has 4 aromatic rings. The molecule has 0 bridgehead atoms. The number of carbonyl (C=O) groups excluding carboxylic acids is 1. The number of para-hydroxylation sites is 2. The fraction of sp³-hybridized carbons (Fsp3) is 0.190. The molecule has 0 fully saturated rings. The first-order chi connectivity index (χ1) is 13.5. The van der Waals surface area contributed by atoms with Crippen LogP contribution in [0.1, 0.15) is 30.6 Å². The molecule has 0 spiro atoms. The van der Waals surface area contributed by atoms with Crippen molar-refractivity contribution in [3.8, 4) is 5.69 Å². The second-order valence-corrected chi connectivity index (χ2v) is 7.66. The molecule has 0 aliphatic rings. The van der Waals surface area contributed by atoms with E-state index >= 15 is 0 Å². The Hall–Kier alpha value is -2.93. The van der Waals surface area contributed by atoms with Gasteiger partial charge in [-0.2, -0.15) is 0 Å². The third kappa shape index (κ3) is 3.11. The lowest BCUT2D eigenvalue weighted by Crippen LogP contribution is -2.32. The van der Waals surface area contributed by atoms with E-state index in [1.807, 2.05) is 62.4 Å². The maximum atomic E-state index is 13.0. The molecular formula is C21H20BrN5O. The van der Waals surface area contributed by atoms with E-state index in [0.29, 0.717) is 22.5 Å². The fourth-order valence-electron chi connectivity index (χ4n) is 3.16. The van der Waals surface area contributed by atoms with Gasteiger partial charge in [-0.05, 0) is 43.7 Å². The van der Waals surface area contributed by atoms with Gasteiger partial charge < -0.3 is 11.1 Å². The van der Waals surface area contributed by atoms with Crippen molar-refractivity contribution >= 4 is 49.9 Å². The maximum absolute atomic E-state index is 13.0. The van der Waals surface area contributed by atoms with E-state index in [9.17, 15) is 4.79 Å². The number of anilines is 1. The molecule has 0 unspecified atom stereocenters. The van der Waals surface area contributed by atoms with Crippen LogP contribution >= 0.6 is 15.9 Å². The molecule has 3 N–H and O–H groups in total. The monoisotopic (exact) mass is 437 g/mol. The molecule has 7 heteroatoms. The van der Waals surface area contributed by atoms with Crippen molar-refractivity contribution in [1.29, 1.82) is 0 Å². The minimum atomic E-state index is -0.241. The largest absolute Gasteiger partial charge is 0.384 e. The Morgan fingerprint density at radius 2 is 1.89 bits per heavy atom.